The van der Waals surface area contributed by atoms with E-state index in [1.54, 1.807) is 16.9 Å². The van der Waals surface area contributed by atoms with Crippen LogP contribution in [0.5, 0.6) is 0 Å². The highest BCUT2D eigenvalue weighted by molar-refractivity contribution is 5.93. The fraction of sp³-hybridized carbons (Fsp3) is 0.278. The molecule has 2 aromatic rings. The topological polar surface area (TPSA) is 87.5 Å². The molecule has 1 atom stereocenters. The average Bonchev–Trinajstić information content (AvgIpc) is 3.12. The lowest BCUT2D eigenvalue weighted by Gasteiger charge is -2.35. The number of carbonyl (C=O) groups is 2. The van der Waals surface area contributed by atoms with Crippen molar-refractivity contribution in [2.45, 2.75) is 12.7 Å². The van der Waals surface area contributed by atoms with E-state index in [1.807, 2.05) is 4.90 Å². The summed E-state index contributed by atoms with van der Waals surface area (Å²) in [5.41, 5.74) is -0.146. The molecule has 0 radical (unpaired) electrons. The minimum Gasteiger partial charge on any atom is -0.478 e. The average molecular weight is 394 g/mol. The number of anilines is 2. The Morgan fingerprint density at radius 1 is 1.18 bits per heavy atom. The number of nitrogens with one attached hydrogen (secondary N) is 1. The summed E-state index contributed by atoms with van der Waals surface area (Å²) in [6, 6.07) is 6.62. The zero-order valence-electron chi connectivity index (χ0n) is 14.6. The van der Waals surface area contributed by atoms with E-state index in [9.17, 15) is 22.8 Å². The number of carbonyl (C=O) groups excluding carboxylic acids is 1. The summed E-state index contributed by atoms with van der Waals surface area (Å²) in [5.74, 6) is -1.08. The molecule has 0 bridgehead atoms. The molecular weight excluding hydrogens is 377 g/mol. The second kappa shape index (κ2) is 7.75. The summed E-state index contributed by atoms with van der Waals surface area (Å²) >= 11 is 0. The van der Waals surface area contributed by atoms with Gasteiger partial charge in [-0.25, -0.2) is 9.48 Å². The lowest BCUT2D eigenvalue weighted by Crippen LogP contribution is -2.41. The second-order valence-electron chi connectivity index (χ2n) is 6.31. The van der Waals surface area contributed by atoms with Gasteiger partial charge < -0.3 is 15.3 Å². The number of halogens is 3. The van der Waals surface area contributed by atoms with Crippen molar-refractivity contribution in [3.63, 3.8) is 0 Å². The number of hydrogen-bond donors (Lipinski definition) is 2. The number of carboxylic acids is 1. The summed E-state index contributed by atoms with van der Waals surface area (Å²) in [4.78, 5) is 23.9. The lowest BCUT2D eigenvalue weighted by atomic mass is 10.1. The van der Waals surface area contributed by atoms with Crippen LogP contribution in [0.15, 0.2) is 48.7 Å². The first-order chi connectivity index (χ1) is 13.2. The van der Waals surface area contributed by atoms with Gasteiger partial charge in [-0.3, -0.25) is 4.79 Å². The third-order valence-corrected chi connectivity index (χ3v) is 4.29. The van der Waals surface area contributed by atoms with Crippen LogP contribution < -0.4 is 10.2 Å². The summed E-state index contributed by atoms with van der Waals surface area (Å²) in [6.07, 6.45) is -1.13. The molecule has 0 spiro atoms. The summed E-state index contributed by atoms with van der Waals surface area (Å²) in [7, 11) is 0. The maximum Gasteiger partial charge on any atom is 0.416 e. The molecular formula is C18H17F3N4O3. The summed E-state index contributed by atoms with van der Waals surface area (Å²) < 4.78 is 40.1. The van der Waals surface area contributed by atoms with Crippen molar-refractivity contribution >= 4 is 23.4 Å². The molecule has 148 valence electrons. The quantitative estimate of drug-likeness (QED) is 0.761. The van der Waals surface area contributed by atoms with Crippen LogP contribution in [0.4, 0.5) is 24.7 Å². The van der Waals surface area contributed by atoms with Crippen molar-refractivity contribution in [1.29, 1.82) is 0 Å². The number of carboxylic acid groups (broad SMARTS) is 1. The first-order valence-electron chi connectivity index (χ1n) is 8.39. The molecule has 1 unspecified atom stereocenters. The van der Waals surface area contributed by atoms with Crippen LogP contribution in [0.2, 0.25) is 0 Å². The zero-order chi connectivity index (χ0) is 20.3. The maximum atomic E-state index is 12.8. The molecule has 2 heterocycles. The number of hydrogen-bond acceptors (Lipinski definition) is 4. The molecule has 7 nitrogen and oxygen atoms in total. The first-order valence-corrected chi connectivity index (χ1v) is 8.39. The number of amides is 1. The molecule has 1 aliphatic heterocycles. The van der Waals surface area contributed by atoms with Gasteiger partial charge in [-0.1, -0.05) is 0 Å². The monoisotopic (exact) mass is 394 g/mol. The number of aliphatic carboxylic acids is 1. The molecule has 3 rings (SSSR count). The Morgan fingerprint density at radius 2 is 1.89 bits per heavy atom. The van der Waals surface area contributed by atoms with Crippen LogP contribution in [0.1, 0.15) is 5.56 Å². The molecule has 0 saturated heterocycles. The number of nitrogens with zero attached hydrogens (tertiary/aromatic N) is 3. The van der Waals surface area contributed by atoms with E-state index in [1.165, 1.54) is 12.1 Å². The minimum atomic E-state index is -4.40. The van der Waals surface area contributed by atoms with Gasteiger partial charge in [0, 0.05) is 49.5 Å². The van der Waals surface area contributed by atoms with Gasteiger partial charge in [0.25, 0.3) is 0 Å². The van der Waals surface area contributed by atoms with Gasteiger partial charge in [0.2, 0.25) is 5.91 Å². The Morgan fingerprint density at radius 3 is 2.54 bits per heavy atom. The van der Waals surface area contributed by atoms with Crippen LogP contribution >= 0.6 is 0 Å². The van der Waals surface area contributed by atoms with E-state index in [-0.39, 0.29) is 12.5 Å². The molecule has 0 fully saturated rings. The molecule has 1 aromatic carbocycles. The summed E-state index contributed by atoms with van der Waals surface area (Å²) in [6.45, 7) is 1.24. The van der Waals surface area contributed by atoms with Crippen molar-refractivity contribution in [2.24, 2.45) is 5.92 Å². The smallest absolute Gasteiger partial charge is 0.416 e. The van der Waals surface area contributed by atoms with Crippen LogP contribution in [-0.4, -0.2) is 39.9 Å². The Bertz CT molecular complexity index is 890. The van der Waals surface area contributed by atoms with E-state index >= 15 is 0 Å². The first kappa shape index (κ1) is 19.5. The normalized spacial score (nSPS) is 16.8. The van der Waals surface area contributed by atoms with Crippen LogP contribution in [0.3, 0.4) is 0 Å². The third-order valence-electron chi connectivity index (χ3n) is 4.29. The van der Waals surface area contributed by atoms with Crippen LogP contribution in [0.25, 0.3) is 0 Å². The van der Waals surface area contributed by atoms with Crippen molar-refractivity contribution in [1.82, 2.24) is 15.1 Å². The largest absolute Gasteiger partial charge is 0.478 e. The standard InChI is InChI=1S/C18H17F3N4O3/c19-18(20,21)13-1-3-14(4-2-13)24-10-12(11-25-16(24)7-8-23-25)9-22-15(26)5-6-17(27)28/h1-8,12H,9-11H2,(H,22,26)(H,27,28)/b6-5+. The number of rotatable bonds is 5. The molecule has 0 aliphatic carbocycles. The van der Waals surface area contributed by atoms with Gasteiger partial charge in [0.15, 0.2) is 0 Å². The Labute approximate surface area is 158 Å². The highest BCUT2D eigenvalue weighted by Crippen LogP contribution is 2.34. The van der Waals surface area contributed by atoms with Crippen LogP contribution in [0, 0.1) is 5.92 Å². The van der Waals surface area contributed by atoms with Crippen molar-refractivity contribution in [2.75, 3.05) is 18.0 Å². The number of aromatic nitrogens is 2. The molecule has 1 aliphatic rings. The molecule has 1 amide bonds. The second-order valence-corrected chi connectivity index (χ2v) is 6.31. The fourth-order valence-electron chi connectivity index (χ4n) is 3.00. The van der Waals surface area contributed by atoms with E-state index < -0.39 is 23.6 Å². The molecule has 10 heteroatoms. The number of alkyl halides is 3. The van der Waals surface area contributed by atoms with Crippen molar-refractivity contribution in [3.8, 4) is 0 Å². The Kier molecular flexibility index (Phi) is 5.39. The minimum absolute atomic E-state index is 0.0723. The van der Waals surface area contributed by atoms with Gasteiger partial charge in [-0.05, 0) is 24.3 Å². The van der Waals surface area contributed by atoms with Gasteiger partial charge in [0.05, 0.1) is 11.8 Å². The van der Waals surface area contributed by atoms with Gasteiger partial charge >= 0.3 is 12.1 Å². The molecule has 28 heavy (non-hydrogen) atoms. The summed E-state index contributed by atoms with van der Waals surface area (Å²) in [5, 5.41) is 15.4. The lowest BCUT2D eigenvalue weighted by molar-refractivity contribution is -0.137. The molecule has 2 N–H and O–H groups in total. The van der Waals surface area contributed by atoms with Gasteiger partial charge in [-0.15, -0.1) is 0 Å². The SMILES string of the molecule is O=C(O)/C=C/C(=O)NCC1CN(c2ccc(C(F)(F)F)cc2)c2ccnn2C1. The number of benzene rings is 1. The molecule has 1 aromatic heterocycles. The van der Waals surface area contributed by atoms with E-state index in [0.29, 0.717) is 18.8 Å². The van der Waals surface area contributed by atoms with Crippen molar-refractivity contribution < 1.29 is 27.9 Å². The molecule has 0 saturated carbocycles. The van der Waals surface area contributed by atoms with Crippen LogP contribution in [-0.2, 0) is 22.3 Å². The predicted molar refractivity (Wildman–Crippen MR) is 94.0 cm³/mol. The van der Waals surface area contributed by atoms with Crippen molar-refractivity contribution in [3.05, 3.63) is 54.2 Å². The third kappa shape index (κ3) is 4.51. The Balaban J connectivity index is 1.73. The number of fused-ring (bicyclic) bond motifs is 1. The van der Waals surface area contributed by atoms with E-state index in [0.717, 1.165) is 30.1 Å². The Hall–Kier alpha value is -3.30. The van der Waals surface area contributed by atoms with E-state index in [2.05, 4.69) is 10.4 Å². The highest BCUT2D eigenvalue weighted by Gasteiger charge is 2.31. The van der Waals surface area contributed by atoms with Gasteiger partial charge in [-0.2, -0.15) is 18.3 Å². The van der Waals surface area contributed by atoms with E-state index in [4.69, 9.17) is 5.11 Å². The van der Waals surface area contributed by atoms with Gasteiger partial charge in [0.1, 0.15) is 5.82 Å². The highest BCUT2D eigenvalue weighted by atomic mass is 19.4. The fourth-order valence-corrected chi connectivity index (χ4v) is 3.00. The maximum absolute atomic E-state index is 12.8. The zero-order valence-corrected chi connectivity index (χ0v) is 14.6. The predicted octanol–water partition coefficient (Wildman–Crippen LogP) is 2.43.